The van der Waals surface area contributed by atoms with Gasteiger partial charge in [-0.2, -0.15) is 5.26 Å². The Hall–Kier alpha value is -2.58. The van der Waals surface area contributed by atoms with Crippen LogP contribution in [0.15, 0.2) is 35.2 Å². The van der Waals surface area contributed by atoms with Crippen LogP contribution in [0, 0.1) is 11.3 Å². The molecule has 0 radical (unpaired) electrons. The minimum absolute atomic E-state index is 0.0885. The molecule has 128 valence electrons. The molecule has 1 amide bonds. The van der Waals surface area contributed by atoms with Gasteiger partial charge >= 0.3 is 0 Å². The molecule has 0 bridgehead atoms. The molecule has 1 aliphatic rings. The van der Waals surface area contributed by atoms with Crippen LogP contribution >= 0.6 is 11.3 Å². The molecule has 0 unspecified atom stereocenters. The molecule has 1 aromatic carbocycles. The predicted molar refractivity (Wildman–Crippen MR) is 99.4 cm³/mol. The number of rotatable bonds is 5. The van der Waals surface area contributed by atoms with Crippen LogP contribution < -0.4 is 10.1 Å². The van der Waals surface area contributed by atoms with E-state index in [0.717, 1.165) is 23.3 Å². The first-order valence-electron chi connectivity index (χ1n) is 8.33. The minimum atomic E-state index is -0.365. The van der Waals surface area contributed by atoms with Crippen molar-refractivity contribution in [1.29, 1.82) is 5.26 Å². The van der Waals surface area contributed by atoms with Crippen LogP contribution in [0.25, 0.3) is 6.08 Å². The predicted octanol–water partition coefficient (Wildman–Crippen LogP) is 3.86. The van der Waals surface area contributed by atoms with Gasteiger partial charge in [0, 0.05) is 10.4 Å². The van der Waals surface area contributed by atoms with E-state index < -0.39 is 0 Å². The Morgan fingerprint density at radius 3 is 2.76 bits per heavy atom. The van der Waals surface area contributed by atoms with Gasteiger partial charge in [0.1, 0.15) is 17.4 Å². The summed E-state index contributed by atoms with van der Waals surface area (Å²) >= 11 is 1.57. The highest BCUT2D eigenvalue weighted by Gasteiger charge is 2.15. The number of hydrogen-bond acceptors (Lipinski definition) is 4. The number of methoxy groups -OCH3 is 1. The van der Waals surface area contributed by atoms with Crippen LogP contribution in [0.1, 0.15) is 34.4 Å². The molecule has 1 heterocycles. The fraction of sp³-hybridized carbons (Fsp3) is 0.300. The molecule has 5 heteroatoms. The second kappa shape index (κ2) is 8.00. The lowest BCUT2D eigenvalue weighted by atomic mass is 9.89. The van der Waals surface area contributed by atoms with Gasteiger partial charge in [-0.1, -0.05) is 6.07 Å². The maximum atomic E-state index is 12.3. The average molecular weight is 352 g/mol. The molecular formula is C20H20N2O2S. The van der Waals surface area contributed by atoms with E-state index in [-0.39, 0.29) is 11.5 Å². The van der Waals surface area contributed by atoms with Gasteiger partial charge in [0.15, 0.2) is 0 Å². The molecule has 1 aromatic heterocycles. The molecule has 4 nitrogen and oxygen atoms in total. The first-order valence-corrected chi connectivity index (χ1v) is 9.21. The molecule has 0 saturated heterocycles. The molecule has 1 aliphatic carbocycles. The van der Waals surface area contributed by atoms with Gasteiger partial charge in [-0.25, -0.2) is 0 Å². The summed E-state index contributed by atoms with van der Waals surface area (Å²) in [6, 6.07) is 9.99. The van der Waals surface area contributed by atoms with Crippen molar-refractivity contribution in [2.24, 2.45) is 0 Å². The molecular weight excluding hydrogens is 332 g/mol. The van der Waals surface area contributed by atoms with Crippen LogP contribution in [-0.2, 0) is 24.2 Å². The third-order valence-corrected chi connectivity index (χ3v) is 5.24. The largest absolute Gasteiger partial charge is 0.496 e. The van der Waals surface area contributed by atoms with E-state index in [9.17, 15) is 10.1 Å². The van der Waals surface area contributed by atoms with Crippen molar-refractivity contribution >= 4 is 23.3 Å². The van der Waals surface area contributed by atoms with Crippen molar-refractivity contribution in [2.45, 2.75) is 32.2 Å². The van der Waals surface area contributed by atoms with E-state index >= 15 is 0 Å². The minimum Gasteiger partial charge on any atom is -0.496 e. The number of benzene rings is 1. The van der Waals surface area contributed by atoms with Crippen LogP contribution in [0.5, 0.6) is 5.75 Å². The van der Waals surface area contributed by atoms with Crippen LogP contribution in [0.4, 0.5) is 0 Å². The Balaban J connectivity index is 1.83. The topological polar surface area (TPSA) is 62.1 Å². The number of thiophene rings is 1. The third kappa shape index (κ3) is 4.09. The van der Waals surface area contributed by atoms with E-state index in [1.165, 1.54) is 24.0 Å². The second-order valence-corrected chi connectivity index (χ2v) is 7.03. The smallest absolute Gasteiger partial charge is 0.262 e. The number of aryl methyl sites for hydroxylation is 2. The Morgan fingerprint density at radius 2 is 2.12 bits per heavy atom. The Bertz CT molecular complexity index is 832. The fourth-order valence-electron chi connectivity index (χ4n) is 3.05. The summed E-state index contributed by atoms with van der Waals surface area (Å²) in [5, 5.41) is 14.2. The monoisotopic (exact) mass is 352 g/mol. The zero-order chi connectivity index (χ0) is 17.6. The van der Waals surface area contributed by atoms with Gasteiger partial charge in [0.2, 0.25) is 0 Å². The molecule has 0 fully saturated rings. The van der Waals surface area contributed by atoms with Crippen molar-refractivity contribution < 1.29 is 9.53 Å². The van der Waals surface area contributed by atoms with E-state index in [0.29, 0.717) is 12.3 Å². The van der Waals surface area contributed by atoms with Crippen molar-refractivity contribution in [3.05, 3.63) is 56.8 Å². The maximum Gasteiger partial charge on any atom is 0.262 e. The highest BCUT2D eigenvalue weighted by atomic mass is 32.1. The van der Waals surface area contributed by atoms with Crippen molar-refractivity contribution in [2.75, 3.05) is 7.11 Å². The SMILES string of the molecule is COc1cc2c(cc1C=C(C#N)C(=O)NCc1cccs1)CCCC2. The summed E-state index contributed by atoms with van der Waals surface area (Å²) < 4.78 is 5.47. The Morgan fingerprint density at radius 1 is 1.36 bits per heavy atom. The summed E-state index contributed by atoms with van der Waals surface area (Å²) in [5.74, 6) is 0.343. The number of ether oxygens (including phenoxy) is 1. The number of carbonyl (C=O) groups excluding carboxylic acids is 1. The second-order valence-electron chi connectivity index (χ2n) is 6.00. The summed E-state index contributed by atoms with van der Waals surface area (Å²) in [4.78, 5) is 13.4. The number of fused-ring (bicyclic) bond motifs is 1. The summed E-state index contributed by atoms with van der Waals surface area (Å²) in [6.07, 6.45) is 6.08. The van der Waals surface area contributed by atoms with Gasteiger partial charge in [-0.15, -0.1) is 11.3 Å². The van der Waals surface area contributed by atoms with Gasteiger partial charge < -0.3 is 10.1 Å². The first kappa shape index (κ1) is 17.2. The molecule has 2 aromatic rings. The number of carbonyl (C=O) groups is 1. The summed E-state index contributed by atoms with van der Waals surface area (Å²) in [5.41, 5.74) is 3.46. The first-order chi connectivity index (χ1) is 12.2. The average Bonchev–Trinajstić information content (AvgIpc) is 3.17. The van der Waals surface area contributed by atoms with E-state index in [1.54, 1.807) is 24.5 Å². The Kier molecular flexibility index (Phi) is 5.52. The highest BCUT2D eigenvalue weighted by molar-refractivity contribution is 7.09. The van der Waals surface area contributed by atoms with Crippen molar-refractivity contribution in [3.63, 3.8) is 0 Å². The number of nitrogens with one attached hydrogen (secondary N) is 1. The highest BCUT2D eigenvalue weighted by Crippen LogP contribution is 2.30. The molecule has 25 heavy (non-hydrogen) atoms. The zero-order valence-electron chi connectivity index (χ0n) is 14.2. The van der Waals surface area contributed by atoms with Crippen LogP contribution in [0.3, 0.4) is 0 Å². The Labute approximate surface area is 151 Å². The number of hydrogen-bond donors (Lipinski definition) is 1. The molecule has 0 atom stereocenters. The van der Waals surface area contributed by atoms with E-state index in [2.05, 4.69) is 11.4 Å². The zero-order valence-corrected chi connectivity index (χ0v) is 15.0. The number of nitriles is 1. The normalized spacial score (nSPS) is 13.7. The molecule has 0 aliphatic heterocycles. The lowest BCUT2D eigenvalue weighted by Crippen LogP contribution is -2.23. The maximum absolute atomic E-state index is 12.3. The lowest BCUT2D eigenvalue weighted by Gasteiger charge is -2.18. The standard InChI is InChI=1S/C20H20N2O2S/c1-24-19-11-15-6-3-2-5-14(15)9-16(19)10-17(12-21)20(23)22-13-18-7-4-8-25-18/h4,7-11H,2-3,5-6,13H2,1H3,(H,22,23). The fourth-order valence-corrected chi connectivity index (χ4v) is 3.70. The number of amides is 1. The van der Waals surface area contributed by atoms with Crippen LogP contribution in [0.2, 0.25) is 0 Å². The molecule has 1 N–H and O–H groups in total. The third-order valence-electron chi connectivity index (χ3n) is 4.36. The molecule has 0 spiro atoms. The van der Waals surface area contributed by atoms with E-state index in [4.69, 9.17) is 4.74 Å². The summed E-state index contributed by atoms with van der Waals surface area (Å²) in [6.45, 7) is 0.427. The van der Waals surface area contributed by atoms with Crippen LogP contribution in [-0.4, -0.2) is 13.0 Å². The molecule has 0 saturated carbocycles. The quantitative estimate of drug-likeness (QED) is 0.656. The lowest BCUT2D eigenvalue weighted by molar-refractivity contribution is -0.117. The van der Waals surface area contributed by atoms with Gasteiger partial charge in [-0.3, -0.25) is 4.79 Å². The van der Waals surface area contributed by atoms with Gasteiger partial charge in [-0.05, 0) is 66.5 Å². The number of nitrogens with zero attached hydrogens (tertiary/aromatic N) is 1. The molecule has 3 rings (SSSR count). The van der Waals surface area contributed by atoms with Gasteiger partial charge in [0.25, 0.3) is 5.91 Å². The van der Waals surface area contributed by atoms with Crippen molar-refractivity contribution in [1.82, 2.24) is 5.32 Å². The van der Waals surface area contributed by atoms with Gasteiger partial charge in [0.05, 0.1) is 13.7 Å². The summed E-state index contributed by atoms with van der Waals surface area (Å²) in [7, 11) is 1.62. The van der Waals surface area contributed by atoms with E-state index in [1.807, 2.05) is 29.6 Å². The van der Waals surface area contributed by atoms with Crippen molar-refractivity contribution in [3.8, 4) is 11.8 Å².